The standard InChI is InChI=1S/C15H16F2N2/c16-13-6-12(7-14(17)9-13)8-15(18)4-3-11-2-1-5-19-10-11/h1-2,5-7,9-10,15H,3-4,8,18H2. The van der Waals surface area contributed by atoms with Crippen molar-refractivity contribution in [2.45, 2.75) is 25.3 Å². The van der Waals surface area contributed by atoms with Crippen molar-refractivity contribution in [3.8, 4) is 0 Å². The molecule has 1 atom stereocenters. The molecule has 100 valence electrons. The summed E-state index contributed by atoms with van der Waals surface area (Å²) in [6.45, 7) is 0. The van der Waals surface area contributed by atoms with Crippen LogP contribution in [0.1, 0.15) is 17.5 Å². The summed E-state index contributed by atoms with van der Waals surface area (Å²) < 4.78 is 26.1. The SMILES string of the molecule is NC(CCc1cccnc1)Cc1cc(F)cc(F)c1. The number of hydrogen-bond acceptors (Lipinski definition) is 2. The third-order valence-corrected chi connectivity index (χ3v) is 2.95. The topological polar surface area (TPSA) is 38.9 Å². The van der Waals surface area contributed by atoms with Gasteiger partial charge >= 0.3 is 0 Å². The van der Waals surface area contributed by atoms with Gasteiger partial charge in [0.05, 0.1) is 0 Å². The van der Waals surface area contributed by atoms with Gasteiger partial charge in [0.1, 0.15) is 11.6 Å². The molecule has 0 amide bonds. The van der Waals surface area contributed by atoms with Gasteiger partial charge in [0.2, 0.25) is 0 Å². The second-order valence-corrected chi connectivity index (χ2v) is 4.64. The third kappa shape index (κ3) is 4.41. The normalized spacial score (nSPS) is 12.4. The van der Waals surface area contributed by atoms with E-state index in [1.807, 2.05) is 12.1 Å². The van der Waals surface area contributed by atoms with E-state index < -0.39 is 11.6 Å². The van der Waals surface area contributed by atoms with E-state index in [1.54, 1.807) is 12.4 Å². The van der Waals surface area contributed by atoms with Gasteiger partial charge in [-0.3, -0.25) is 4.98 Å². The highest BCUT2D eigenvalue weighted by Crippen LogP contribution is 2.12. The smallest absolute Gasteiger partial charge is 0.126 e. The van der Waals surface area contributed by atoms with Crippen LogP contribution in [-0.4, -0.2) is 11.0 Å². The lowest BCUT2D eigenvalue weighted by Crippen LogP contribution is -2.23. The molecule has 1 unspecified atom stereocenters. The number of halogens is 2. The van der Waals surface area contributed by atoms with Gasteiger partial charge in [-0.1, -0.05) is 6.07 Å². The van der Waals surface area contributed by atoms with Crippen LogP contribution in [0.25, 0.3) is 0 Å². The van der Waals surface area contributed by atoms with Crippen molar-refractivity contribution in [3.63, 3.8) is 0 Å². The van der Waals surface area contributed by atoms with Crippen molar-refractivity contribution in [1.82, 2.24) is 4.98 Å². The molecule has 19 heavy (non-hydrogen) atoms. The predicted octanol–water partition coefficient (Wildman–Crippen LogP) is 2.86. The zero-order chi connectivity index (χ0) is 13.7. The third-order valence-electron chi connectivity index (χ3n) is 2.95. The molecule has 0 fully saturated rings. The molecule has 4 heteroatoms. The lowest BCUT2D eigenvalue weighted by molar-refractivity contribution is 0.568. The number of aromatic nitrogens is 1. The fraction of sp³-hybridized carbons (Fsp3) is 0.267. The van der Waals surface area contributed by atoms with Crippen LogP contribution >= 0.6 is 0 Å². The van der Waals surface area contributed by atoms with Crippen molar-refractivity contribution >= 4 is 0 Å². The van der Waals surface area contributed by atoms with Gasteiger partial charge in [0, 0.05) is 24.5 Å². The number of hydrogen-bond donors (Lipinski definition) is 1. The zero-order valence-corrected chi connectivity index (χ0v) is 10.5. The molecular weight excluding hydrogens is 246 g/mol. The van der Waals surface area contributed by atoms with E-state index in [-0.39, 0.29) is 6.04 Å². The van der Waals surface area contributed by atoms with Crippen LogP contribution in [0.15, 0.2) is 42.7 Å². The van der Waals surface area contributed by atoms with Gasteiger partial charge < -0.3 is 5.73 Å². The Hall–Kier alpha value is -1.81. The van der Waals surface area contributed by atoms with E-state index in [0.29, 0.717) is 12.0 Å². The minimum atomic E-state index is -0.561. The predicted molar refractivity (Wildman–Crippen MR) is 70.6 cm³/mol. The van der Waals surface area contributed by atoms with Gasteiger partial charge in [-0.05, 0) is 48.6 Å². The molecular formula is C15H16F2N2. The van der Waals surface area contributed by atoms with E-state index in [1.165, 1.54) is 12.1 Å². The Morgan fingerprint density at radius 1 is 1.11 bits per heavy atom. The average molecular weight is 262 g/mol. The summed E-state index contributed by atoms with van der Waals surface area (Å²) >= 11 is 0. The molecule has 1 heterocycles. The first kappa shape index (κ1) is 13.6. The number of pyridine rings is 1. The van der Waals surface area contributed by atoms with Gasteiger partial charge in [-0.25, -0.2) is 8.78 Å². The highest BCUT2D eigenvalue weighted by Gasteiger charge is 2.07. The van der Waals surface area contributed by atoms with Crippen LogP contribution in [0.2, 0.25) is 0 Å². The number of rotatable bonds is 5. The Kier molecular flexibility index (Phi) is 4.58. The van der Waals surface area contributed by atoms with Crippen LogP contribution < -0.4 is 5.73 Å². The van der Waals surface area contributed by atoms with E-state index in [4.69, 9.17) is 5.73 Å². The van der Waals surface area contributed by atoms with Gasteiger partial charge in [-0.2, -0.15) is 0 Å². The van der Waals surface area contributed by atoms with Crippen molar-refractivity contribution in [2.75, 3.05) is 0 Å². The van der Waals surface area contributed by atoms with Gasteiger partial charge in [0.25, 0.3) is 0 Å². The second-order valence-electron chi connectivity index (χ2n) is 4.64. The summed E-state index contributed by atoms with van der Waals surface area (Å²) in [4.78, 5) is 4.03. The molecule has 2 aromatic rings. The lowest BCUT2D eigenvalue weighted by atomic mass is 10.0. The van der Waals surface area contributed by atoms with Crippen LogP contribution in [0.4, 0.5) is 8.78 Å². The maximum Gasteiger partial charge on any atom is 0.126 e. The Morgan fingerprint density at radius 2 is 1.84 bits per heavy atom. The van der Waals surface area contributed by atoms with E-state index in [2.05, 4.69) is 4.98 Å². The molecule has 0 bridgehead atoms. The summed E-state index contributed by atoms with van der Waals surface area (Å²) in [6.07, 6.45) is 5.55. The van der Waals surface area contributed by atoms with Gasteiger partial charge in [-0.15, -0.1) is 0 Å². The summed E-state index contributed by atoms with van der Waals surface area (Å²) in [6, 6.07) is 7.26. The molecule has 0 saturated carbocycles. The zero-order valence-electron chi connectivity index (χ0n) is 10.5. The molecule has 0 radical (unpaired) electrons. The molecule has 2 nitrogen and oxygen atoms in total. The molecule has 0 saturated heterocycles. The van der Waals surface area contributed by atoms with Crippen molar-refractivity contribution < 1.29 is 8.78 Å². The molecule has 2 N–H and O–H groups in total. The molecule has 1 aromatic heterocycles. The summed E-state index contributed by atoms with van der Waals surface area (Å²) in [5, 5.41) is 0. The summed E-state index contributed by atoms with van der Waals surface area (Å²) in [5.74, 6) is -1.12. The highest BCUT2D eigenvalue weighted by molar-refractivity contribution is 5.19. The first-order valence-electron chi connectivity index (χ1n) is 6.23. The van der Waals surface area contributed by atoms with Crippen LogP contribution in [0.3, 0.4) is 0 Å². The van der Waals surface area contributed by atoms with Crippen LogP contribution in [0.5, 0.6) is 0 Å². The molecule has 0 spiro atoms. The van der Waals surface area contributed by atoms with E-state index >= 15 is 0 Å². The Balaban J connectivity index is 1.89. The fourth-order valence-corrected chi connectivity index (χ4v) is 2.03. The maximum atomic E-state index is 13.0. The minimum Gasteiger partial charge on any atom is -0.327 e. The number of aryl methyl sites for hydroxylation is 1. The summed E-state index contributed by atoms with van der Waals surface area (Å²) in [7, 11) is 0. The molecule has 2 rings (SSSR count). The quantitative estimate of drug-likeness (QED) is 0.900. The number of nitrogens with zero attached hydrogens (tertiary/aromatic N) is 1. The summed E-state index contributed by atoms with van der Waals surface area (Å²) in [5.41, 5.74) is 7.70. The fourth-order valence-electron chi connectivity index (χ4n) is 2.03. The first-order chi connectivity index (χ1) is 9.13. The van der Waals surface area contributed by atoms with Gasteiger partial charge in [0.15, 0.2) is 0 Å². The number of benzene rings is 1. The Bertz CT molecular complexity index is 509. The Morgan fingerprint density at radius 3 is 2.47 bits per heavy atom. The molecule has 1 aromatic carbocycles. The lowest BCUT2D eigenvalue weighted by Gasteiger charge is -2.11. The monoisotopic (exact) mass is 262 g/mol. The Labute approximate surface area is 111 Å². The second kappa shape index (κ2) is 6.38. The van der Waals surface area contributed by atoms with E-state index in [0.717, 1.165) is 24.5 Å². The molecule has 0 aliphatic carbocycles. The van der Waals surface area contributed by atoms with Crippen molar-refractivity contribution in [1.29, 1.82) is 0 Å². The minimum absolute atomic E-state index is 0.124. The average Bonchev–Trinajstić information content (AvgIpc) is 2.36. The molecule has 0 aliphatic rings. The number of nitrogens with two attached hydrogens (primary N) is 1. The van der Waals surface area contributed by atoms with Crippen LogP contribution in [-0.2, 0) is 12.8 Å². The van der Waals surface area contributed by atoms with Crippen molar-refractivity contribution in [2.24, 2.45) is 5.73 Å². The van der Waals surface area contributed by atoms with Crippen molar-refractivity contribution in [3.05, 3.63) is 65.5 Å². The van der Waals surface area contributed by atoms with E-state index in [9.17, 15) is 8.78 Å². The largest absolute Gasteiger partial charge is 0.327 e. The maximum absolute atomic E-state index is 13.0. The first-order valence-corrected chi connectivity index (χ1v) is 6.23. The van der Waals surface area contributed by atoms with Crippen LogP contribution in [0, 0.1) is 11.6 Å². The highest BCUT2D eigenvalue weighted by atomic mass is 19.1. The molecule has 0 aliphatic heterocycles.